The van der Waals surface area contributed by atoms with Crippen LogP contribution in [0.2, 0.25) is 0 Å². The van der Waals surface area contributed by atoms with Crippen LogP contribution < -0.4 is 10.5 Å². The van der Waals surface area contributed by atoms with E-state index in [2.05, 4.69) is 4.98 Å². The first kappa shape index (κ1) is 11.1. The number of methoxy groups -OCH3 is 1. The van der Waals surface area contributed by atoms with E-state index in [1.807, 2.05) is 30.5 Å². The molecule has 0 unspecified atom stereocenters. The molecule has 2 N–H and O–H groups in total. The van der Waals surface area contributed by atoms with Crippen molar-refractivity contribution in [3.8, 4) is 16.5 Å². The van der Waals surface area contributed by atoms with Crippen LogP contribution in [0.3, 0.4) is 0 Å². The third kappa shape index (κ3) is 1.64. The number of anilines is 1. The number of aromatic nitrogens is 1. The van der Waals surface area contributed by atoms with Crippen molar-refractivity contribution in [3.05, 3.63) is 29.1 Å². The highest BCUT2D eigenvalue weighted by atomic mass is 32.1. The Labute approximate surface area is 108 Å². The van der Waals surface area contributed by atoms with Crippen LogP contribution in [0.15, 0.2) is 28.0 Å². The van der Waals surface area contributed by atoms with Gasteiger partial charge >= 0.3 is 0 Å². The summed E-state index contributed by atoms with van der Waals surface area (Å²) in [5.74, 6) is 1.31. The summed E-state index contributed by atoms with van der Waals surface area (Å²) < 4.78 is 10.9. The van der Waals surface area contributed by atoms with Crippen LogP contribution in [-0.4, -0.2) is 12.1 Å². The zero-order valence-corrected chi connectivity index (χ0v) is 10.9. The number of nitrogens with two attached hydrogens (primary N) is 1. The van der Waals surface area contributed by atoms with Crippen molar-refractivity contribution in [2.45, 2.75) is 6.92 Å². The quantitative estimate of drug-likeness (QED) is 0.766. The summed E-state index contributed by atoms with van der Waals surface area (Å²) in [6, 6.07) is 5.55. The van der Waals surface area contributed by atoms with Crippen LogP contribution in [0.4, 0.5) is 5.69 Å². The van der Waals surface area contributed by atoms with Crippen molar-refractivity contribution in [1.29, 1.82) is 0 Å². The molecule has 0 amide bonds. The van der Waals surface area contributed by atoms with E-state index in [1.54, 1.807) is 18.4 Å². The van der Waals surface area contributed by atoms with Crippen LogP contribution in [0.25, 0.3) is 21.9 Å². The lowest BCUT2D eigenvalue weighted by Gasteiger charge is -1.96. The lowest BCUT2D eigenvalue weighted by Crippen LogP contribution is -1.86. The molecule has 18 heavy (non-hydrogen) atoms. The maximum absolute atomic E-state index is 6.00. The summed E-state index contributed by atoms with van der Waals surface area (Å²) >= 11 is 1.54. The standard InChI is InChI=1S/C13H12N2O2S/c1-7-6-18-12(11(7)14)13-15-9-4-3-8(16-2)5-10(9)17-13/h3-6H,14H2,1-2H3. The molecule has 0 fully saturated rings. The van der Waals surface area contributed by atoms with Crippen LogP contribution >= 0.6 is 11.3 Å². The number of thiophene rings is 1. The molecule has 3 aromatic rings. The first-order valence-corrected chi connectivity index (χ1v) is 6.35. The Hall–Kier alpha value is -2.01. The summed E-state index contributed by atoms with van der Waals surface area (Å²) in [6.07, 6.45) is 0. The molecule has 1 aromatic carbocycles. The smallest absolute Gasteiger partial charge is 0.239 e. The van der Waals surface area contributed by atoms with Crippen molar-refractivity contribution >= 4 is 28.1 Å². The highest BCUT2D eigenvalue weighted by Crippen LogP contribution is 2.36. The lowest BCUT2D eigenvalue weighted by molar-refractivity contribution is 0.414. The molecule has 0 spiro atoms. The molecule has 0 radical (unpaired) electrons. The first-order valence-electron chi connectivity index (χ1n) is 5.47. The number of nitrogen functional groups attached to an aromatic ring is 1. The minimum absolute atomic E-state index is 0.564. The molecule has 0 aliphatic heterocycles. The molecule has 0 bridgehead atoms. The van der Waals surface area contributed by atoms with Crippen molar-refractivity contribution < 1.29 is 9.15 Å². The Morgan fingerprint density at radius 3 is 2.89 bits per heavy atom. The van der Waals surface area contributed by atoms with Gasteiger partial charge in [-0.1, -0.05) is 0 Å². The molecule has 2 aromatic heterocycles. The molecule has 0 saturated carbocycles. The SMILES string of the molecule is COc1ccc2nc(-c3scc(C)c3N)oc2c1. The zero-order valence-electron chi connectivity index (χ0n) is 10.1. The van der Waals surface area contributed by atoms with Crippen LogP contribution in [0.1, 0.15) is 5.56 Å². The van der Waals surface area contributed by atoms with E-state index in [9.17, 15) is 0 Å². The fourth-order valence-electron chi connectivity index (χ4n) is 1.75. The van der Waals surface area contributed by atoms with Crippen molar-refractivity contribution in [2.75, 3.05) is 12.8 Å². The lowest BCUT2D eigenvalue weighted by atomic mass is 10.3. The molecule has 3 rings (SSSR count). The van der Waals surface area contributed by atoms with Gasteiger partial charge in [0.1, 0.15) is 16.1 Å². The number of hydrogen-bond acceptors (Lipinski definition) is 5. The van der Waals surface area contributed by atoms with Crippen molar-refractivity contribution in [1.82, 2.24) is 4.98 Å². The topological polar surface area (TPSA) is 61.3 Å². The minimum Gasteiger partial charge on any atom is -0.497 e. The third-order valence-corrected chi connectivity index (χ3v) is 3.91. The maximum Gasteiger partial charge on any atom is 0.239 e. The second kappa shape index (κ2) is 4.03. The van der Waals surface area contributed by atoms with E-state index >= 15 is 0 Å². The Kier molecular flexibility index (Phi) is 2.48. The molecule has 0 saturated heterocycles. The monoisotopic (exact) mass is 260 g/mol. The number of benzene rings is 1. The second-order valence-electron chi connectivity index (χ2n) is 4.01. The van der Waals surface area contributed by atoms with Gasteiger partial charge in [0.15, 0.2) is 5.58 Å². The fourth-order valence-corrected chi connectivity index (χ4v) is 2.65. The zero-order chi connectivity index (χ0) is 12.7. The van der Waals surface area contributed by atoms with Gasteiger partial charge in [-0.05, 0) is 30.0 Å². The number of ether oxygens (including phenoxy) is 1. The van der Waals surface area contributed by atoms with Gasteiger partial charge in [0.2, 0.25) is 5.89 Å². The van der Waals surface area contributed by atoms with Crippen molar-refractivity contribution in [3.63, 3.8) is 0 Å². The van der Waals surface area contributed by atoms with E-state index in [0.717, 1.165) is 27.4 Å². The number of fused-ring (bicyclic) bond motifs is 1. The first-order chi connectivity index (χ1) is 8.69. The third-order valence-electron chi connectivity index (χ3n) is 2.81. The molecular formula is C13H12N2O2S. The molecule has 4 nitrogen and oxygen atoms in total. The van der Waals surface area contributed by atoms with Gasteiger partial charge in [-0.25, -0.2) is 4.98 Å². The fraction of sp³-hybridized carbons (Fsp3) is 0.154. The van der Waals surface area contributed by atoms with E-state index < -0.39 is 0 Å². The van der Waals surface area contributed by atoms with E-state index in [-0.39, 0.29) is 0 Å². The molecule has 5 heteroatoms. The number of oxazole rings is 1. The highest BCUT2D eigenvalue weighted by molar-refractivity contribution is 7.14. The van der Waals surface area contributed by atoms with Gasteiger partial charge in [-0.2, -0.15) is 0 Å². The number of nitrogens with zero attached hydrogens (tertiary/aromatic N) is 1. The van der Waals surface area contributed by atoms with Gasteiger partial charge in [0, 0.05) is 6.07 Å². The highest BCUT2D eigenvalue weighted by Gasteiger charge is 2.14. The van der Waals surface area contributed by atoms with Crippen LogP contribution in [-0.2, 0) is 0 Å². The van der Waals surface area contributed by atoms with Gasteiger partial charge in [-0.15, -0.1) is 11.3 Å². The second-order valence-corrected chi connectivity index (χ2v) is 4.89. The summed E-state index contributed by atoms with van der Waals surface area (Å²) in [5.41, 5.74) is 9.29. The molecule has 0 aliphatic carbocycles. The largest absolute Gasteiger partial charge is 0.497 e. The number of rotatable bonds is 2. The average molecular weight is 260 g/mol. The summed E-state index contributed by atoms with van der Waals surface area (Å²) in [5, 5.41) is 2.00. The van der Waals surface area contributed by atoms with E-state index in [1.165, 1.54) is 0 Å². The summed E-state index contributed by atoms with van der Waals surface area (Å²) in [4.78, 5) is 5.32. The van der Waals surface area contributed by atoms with Gasteiger partial charge < -0.3 is 14.9 Å². The minimum atomic E-state index is 0.564. The Morgan fingerprint density at radius 1 is 1.39 bits per heavy atom. The maximum atomic E-state index is 6.00. The molecule has 2 heterocycles. The Balaban J connectivity index is 2.16. The van der Waals surface area contributed by atoms with Gasteiger partial charge in [0.25, 0.3) is 0 Å². The number of hydrogen-bond donors (Lipinski definition) is 1. The molecule has 92 valence electrons. The average Bonchev–Trinajstić information content (AvgIpc) is 2.93. The predicted octanol–water partition coefficient (Wildman–Crippen LogP) is 3.46. The van der Waals surface area contributed by atoms with Crippen LogP contribution in [0, 0.1) is 6.92 Å². The Bertz CT molecular complexity index is 715. The van der Waals surface area contributed by atoms with Crippen LogP contribution in [0.5, 0.6) is 5.75 Å². The number of aryl methyl sites for hydroxylation is 1. The van der Waals surface area contributed by atoms with Gasteiger partial charge in [0.05, 0.1) is 12.8 Å². The van der Waals surface area contributed by atoms with E-state index in [4.69, 9.17) is 14.9 Å². The Morgan fingerprint density at radius 2 is 2.22 bits per heavy atom. The van der Waals surface area contributed by atoms with E-state index in [0.29, 0.717) is 11.5 Å². The van der Waals surface area contributed by atoms with Crippen molar-refractivity contribution in [2.24, 2.45) is 0 Å². The molecule has 0 aliphatic rings. The summed E-state index contributed by atoms with van der Waals surface area (Å²) in [7, 11) is 1.62. The molecular weight excluding hydrogens is 248 g/mol. The summed E-state index contributed by atoms with van der Waals surface area (Å²) in [6.45, 7) is 1.97. The molecule has 0 atom stereocenters. The predicted molar refractivity (Wildman–Crippen MR) is 73.0 cm³/mol. The normalized spacial score (nSPS) is 11.0. The van der Waals surface area contributed by atoms with Gasteiger partial charge in [-0.3, -0.25) is 0 Å².